The van der Waals surface area contributed by atoms with Gasteiger partial charge in [0.25, 0.3) is 5.91 Å². The maximum absolute atomic E-state index is 12.4. The minimum atomic E-state index is -1.13. The minimum absolute atomic E-state index is 0.207. The van der Waals surface area contributed by atoms with Crippen LogP contribution in [0, 0.1) is 0 Å². The van der Waals surface area contributed by atoms with Crippen molar-refractivity contribution in [2.45, 2.75) is 6.54 Å². The van der Waals surface area contributed by atoms with Gasteiger partial charge in [-0.2, -0.15) is 0 Å². The largest absolute Gasteiger partial charge is 0.496 e. The number of hydrogen-bond acceptors (Lipinski definition) is 4. The zero-order valence-corrected chi connectivity index (χ0v) is 13.0. The molecule has 7 nitrogen and oxygen atoms in total. The lowest BCUT2D eigenvalue weighted by Crippen LogP contribution is -2.31. The molecule has 0 aliphatic rings. The predicted molar refractivity (Wildman–Crippen MR) is 88.4 cm³/mol. The normalized spacial score (nSPS) is 9.88. The van der Waals surface area contributed by atoms with Gasteiger partial charge in [-0.05, 0) is 18.2 Å². The van der Waals surface area contributed by atoms with Crippen molar-refractivity contribution in [3.63, 3.8) is 0 Å². The number of methoxy groups -OCH3 is 1. The van der Waals surface area contributed by atoms with E-state index in [-0.39, 0.29) is 17.8 Å². The Balaban J connectivity index is 2.12. The summed E-state index contributed by atoms with van der Waals surface area (Å²) in [6.45, 7) is 0.251. The number of nitrogens with one attached hydrogen (secondary N) is 2. The second-order valence-electron chi connectivity index (χ2n) is 4.86. The number of amides is 3. The first-order valence-electron chi connectivity index (χ1n) is 7.13. The number of ether oxygens (including phenoxy) is 1. The molecule has 24 heavy (non-hydrogen) atoms. The second-order valence-corrected chi connectivity index (χ2v) is 4.86. The van der Waals surface area contributed by atoms with E-state index in [0.717, 1.165) is 5.56 Å². The lowest BCUT2D eigenvalue weighted by atomic mass is 10.1. The van der Waals surface area contributed by atoms with Crippen molar-refractivity contribution in [2.75, 3.05) is 12.4 Å². The summed E-state index contributed by atoms with van der Waals surface area (Å²) in [5.41, 5.74) is 6.15. The van der Waals surface area contributed by atoms with Gasteiger partial charge in [0.2, 0.25) is 0 Å². The van der Waals surface area contributed by atoms with Gasteiger partial charge < -0.3 is 21.1 Å². The van der Waals surface area contributed by atoms with Gasteiger partial charge in [-0.1, -0.05) is 30.3 Å². The van der Waals surface area contributed by atoms with Crippen molar-refractivity contribution in [2.24, 2.45) is 5.73 Å². The van der Waals surface area contributed by atoms with Gasteiger partial charge in [-0.3, -0.25) is 14.4 Å². The third kappa shape index (κ3) is 4.10. The van der Waals surface area contributed by atoms with Crippen LogP contribution in [0.3, 0.4) is 0 Å². The molecule has 124 valence electrons. The quantitative estimate of drug-likeness (QED) is 0.713. The molecule has 0 aromatic heterocycles. The van der Waals surface area contributed by atoms with Crippen LogP contribution in [0.2, 0.25) is 0 Å². The third-order valence-corrected chi connectivity index (χ3v) is 3.28. The molecule has 0 heterocycles. The first-order valence-corrected chi connectivity index (χ1v) is 7.13. The molecular weight excluding hydrogens is 310 g/mol. The van der Waals surface area contributed by atoms with Crippen LogP contribution < -0.4 is 21.1 Å². The van der Waals surface area contributed by atoms with E-state index in [0.29, 0.717) is 5.75 Å². The Morgan fingerprint density at radius 3 is 2.42 bits per heavy atom. The van der Waals surface area contributed by atoms with Gasteiger partial charge >= 0.3 is 11.8 Å². The standard InChI is InChI=1S/C17H17N3O4/c1-24-14-9-5-2-6-11(14)10-19-16(22)12-7-3-4-8-13(12)20-17(23)15(18)21/h2-9H,10H2,1H3,(H2,18,21)(H,19,22)(H,20,23). The molecule has 2 aromatic rings. The van der Waals surface area contributed by atoms with Crippen molar-refractivity contribution < 1.29 is 19.1 Å². The van der Waals surface area contributed by atoms with Crippen molar-refractivity contribution in [3.05, 3.63) is 59.7 Å². The fraction of sp³-hybridized carbons (Fsp3) is 0.118. The van der Waals surface area contributed by atoms with Crippen LogP contribution >= 0.6 is 0 Å². The number of primary amides is 1. The summed E-state index contributed by atoms with van der Waals surface area (Å²) in [5.74, 6) is -1.85. The molecule has 3 amide bonds. The summed E-state index contributed by atoms with van der Waals surface area (Å²) in [6.07, 6.45) is 0. The summed E-state index contributed by atoms with van der Waals surface area (Å²) in [6, 6.07) is 13.6. The fourth-order valence-electron chi connectivity index (χ4n) is 2.09. The molecule has 0 saturated carbocycles. The molecule has 0 atom stereocenters. The molecule has 4 N–H and O–H groups in total. The lowest BCUT2D eigenvalue weighted by Gasteiger charge is -2.12. The minimum Gasteiger partial charge on any atom is -0.496 e. The molecule has 0 radical (unpaired) electrons. The number of benzene rings is 2. The van der Waals surface area contributed by atoms with Gasteiger partial charge in [0.1, 0.15) is 5.75 Å². The Morgan fingerprint density at radius 1 is 1.04 bits per heavy atom. The number of carbonyl (C=O) groups excluding carboxylic acids is 3. The summed E-state index contributed by atoms with van der Waals surface area (Å²) >= 11 is 0. The molecule has 7 heteroatoms. The molecule has 2 aromatic carbocycles. The average molecular weight is 327 g/mol. The molecule has 0 aliphatic heterocycles. The Morgan fingerprint density at radius 2 is 1.71 bits per heavy atom. The molecule has 0 unspecified atom stereocenters. The molecule has 2 rings (SSSR count). The molecule has 0 saturated heterocycles. The summed E-state index contributed by atoms with van der Waals surface area (Å²) in [7, 11) is 1.55. The lowest BCUT2D eigenvalue weighted by molar-refractivity contribution is -0.134. The average Bonchev–Trinajstić information content (AvgIpc) is 2.60. The highest BCUT2D eigenvalue weighted by molar-refractivity contribution is 6.39. The van der Waals surface area contributed by atoms with E-state index in [9.17, 15) is 14.4 Å². The number of nitrogens with two attached hydrogens (primary N) is 1. The van der Waals surface area contributed by atoms with Gasteiger partial charge in [-0.15, -0.1) is 0 Å². The smallest absolute Gasteiger partial charge is 0.313 e. The van der Waals surface area contributed by atoms with Crippen LogP contribution in [-0.4, -0.2) is 24.8 Å². The zero-order chi connectivity index (χ0) is 17.5. The Labute approximate surface area is 138 Å². The number of carbonyl (C=O) groups is 3. The Kier molecular flexibility index (Phi) is 5.51. The van der Waals surface area contributed by atoms with E-state index in [1.165, 1.54) is 12.1 Å². The van der Waals surface area contributed by atoms with E-state index in [4.69, 9.17) is 10.5 Å². The molecule has 0 aliphatic carbocycles. The highest BCUT2D eigenvalue weighted by atomic mass is 16.5. The van der Waals surface area contributed by atoms with Gasteiger partial charge in [0.05, 0.1) is 18.4 Å². The molecule has 0 spiro atoms. The summed E-state index contributed by atoms with van der Waals surface area (Å²) in [4.78, 5) is 34.6. The van der Waals surface area contributed by atoms with E-state index >= 15 is 0 Å². The molecule has 0 fully saturated rings. The first kappa shape index (κ1) is 17.0. The predicted octanol–water partition coefficient (Wildman–Crippen LogP) is 1.05. The van der Waals surface area contributed by atoms with Crippen molar-refractivity contribution in [1.82, 2.24) is 5.32 Å². The van der Waals surface area contributed by atoms with Crippen molar-refractivity contribution in [1.29, 1.82) is 0 Å². The van der Waals surface area contributed by atoms with E-state index in [1.807, 2.05) is 18.2 Å². The van der Waals surface area contributed by atoms with Crippen LogP contribution in [0.1, 0.15) is 15.9 Å². The number of hydrogen-bond donors (Lipinski definition) is 3. The maximum atomic E-state index is 12.4. The number of para-hydroxylation sites is 2. The summed E-state index contributed by atoms with van der Waals surface area (Å²) in [5, 5.41) is 5.06. The van der Waals surface area contributed by atoms with Gasteiger partial charge in [-0.25, -0.2) is 0 Å². The van der Waals surface area contributed by atoms with Crippen LogP contribution in [-0.2, 0) is 16.1 Å². The highest BCUT2D eigenvalue weighted by Crippen LogP contribution is 2.18. The Hall–Kier alpha value is -3.35. The van der Waals surface area contributed by atoms with E-state index in [1.54, 1.807) is 25.3 Å². The van der Waals surface area contributed by atoms with Crippen LogP contribution in [0.5, 0.6) is 5.75 Å². The van der Waals surface area contributed by atoms with Gasteiger partial charge in [0, 0.05) is 12.1 Å². The molecular formula is C17H17N3O4. The highest BCUT2D eigenvalue weighted by Gasteiger charge is 2.15. The summed E-state index contributed by atoms with van der Waals surface area (Å²) < 4.78 is 5.23. The topological polar surface area (TPSA) is 111 Å². The zero-order valence-electron chi connectivity index (χ0n) is 13.0. The van der Waals surface area contributed by atoms with Gasteiger partial charge in [0.15, 0.2) is 0 Å². The van der Waals surface area contributed by atoms with Crippen LogP contribution in [0.15, 0.2) is 48.5 Å². The number of rotatable bonds is 5. The van der Waals surface area contributed by atoms with E-state index < -0.39 is 17.7 Å². The number of anilines is 1. The monoisotopic (exact) mass is 327 g/mol. The van der Waals surface area contributed by atoms with Crippen LogP contribution in [0.4, 0.5) is 5.69 Å². The molecule has 0 bridgehead atoms. The van der Waals surface area contributed by atoms with Crippen LogP contribution in [0.25, 0.3) is 0 Å². The first-order chi connectivity index (χ1) is 11.5. The SMILES string of the molecule is COc1ccccc1CNC(=O)c1ccccc1NC(=O)C(N)=O. The van der Waals surface area contributed by atoms with E-state index in [2.05, 4.69) is 10.6 Å². The third-order valence-electron chi connectivity index (χ3n) is 3.28. The second kappa shape index (κ2) is 7.77. The fourth-order valence-corrected chi connectivity index (χ4v) is 2.09. The maximum Gasteiger partial charge on any atom is 0.313 e. The van der Waals surface area contributed by atoms with Crippen molar-refractivity contribution in [3.8, 4) is 5.75 Å². The van der Waals surface area contributed by atoms with Crippen molar-refractivity contribution >= 4 is 23.4 Å². The Bertz CT molecular complexity index is 774.